The second-order valence-electron chi connectivity index (χ2n) is 6.71. The van der Waals surface area contributed by atoms with Crippen molar-refractivity contribution < 1.29 is 19.1 Å². The Balaban J connectivity index is 1.37. The van der Waals surface area contributed by atoms with Crippen LogP contribution in [-0.2, 0) is 4.79 Å². The molecule has 1 fully saturated rings. The Morgan fingerprint density at radius 2 is 1.93 bits per heavy atom. The largest absolute Gasteiger partial charge is 0.478 e. The van der Waals surface area contributed by atoms with E-state index in [-0.39, 0.29) is 22.4 Å². The summed E-state index contributed by atoms with van der Waals surface area (Å²) in [5.41, 5.74) is 2.06. The zero-order valence-electron chi connectivity index (χ0n) is 14.9. The van der Waals surface area contributed by atoms with Crippen molar-refractivity contribution in [1.29, 1.82) is 0 Å². The average molecular weight is 400 g/mol. The summed E-state index contributed by atoms with van der Waals surface area (Å²) in [6, 6.07) is 12.6. The Morgan fingerprint density at radius 1 is 1.18 bits per heavy atom. The van der Waals surface area contributed by atoms with Gasteiger partial charge in [-0.25, -0.2) is 4.79 Å². The topological polar surface area (TPSA) is 95.7 Å². The van der Waals surface area contributed by atoms with Crippen LogP contribution >= 0.6 is 11.6 Å². The number of hydrogen-bond donors (Lipinski definition) is 2. The number of nitrogens with one attached hydrogen (secondary N) is 1. The lowest BCUT2D eigenvalue weighted by Gasteiger charge is -2.30. The number of carbonyl (C=O) groups excluding carboxylic acids is 1. The van der Waals surface area contributed by atoms with Gasteiger partial charge in [-0.1, -0.05) is 23.7 Å². The molecule has 0 aliphatic carbocycles. The molecule has 28 heavy (non-hydrogen) atoms. The fraction of sp³-hybridized carbons (Fsp3) is 0.250. The molecule has 8 heteroatoms. The second kappa shape index (κ2) is 7.52. The van der Waals surface area contributed by atoms with Gasteiger partial charge in [-0.2, -0.15) is 4.98 Å². The first-order valence-electron chi connectivity index (χ1n) is 8.95. The summed E-state index contributed by atoms with van der Waals surface area (Å²) in [5.74, 6) is -1.34. The summed E-state index contributed by atoms with van der Waals surface area (Å²) in [6.45, 7) is 1.34. The van der Waals surface area contributed by atoms with Gasteiger partial charge in [0.2, 0.25) is 5.91 Å². The summed E-state index contributed by atoms with van der Waals surface area (Å²) in [4.78, 5) is 30.1. The lowest BCUT2D eigenvalue weighted by molar-refractivity contribution is -0.120. The highest BCUT2D eigenvalue weighted by Crippen LogP contribution is 2.27. The van der Waals surface area contributed by atoms with Gasteiger partial charge in [-0.15, -0.1) is 0 Å². The highest BCUT2D eigenvalue weighted by atomic mass is 35.5. The first-order chi connectivity index (χ1) is 13.5. The number of carbonyl (C=O) groups is 2. The number of hydrogen-bond acceptors (Lipinski definition) is 5. The standard InChI is InChI=1S/C20H18ClN3O4/c21-15-11-13(5-6-14(15)19(26)27)22-18(25)12-7-9-24(10-8-12)20-23-16-3-1-2-4-17(16)28-20/h1-6,11-12H,7-10H2,(H,22,25)(H,26,27). The van der Waals surface area contributed by atoms with E-state index in [1.807, 2.05) is 29.2 Å². The quantitative estimate of drug-likeness (QED) is 0.687. The fourth-order valence-electron chi connectivity index (χ4n) is 3.34. The number of anilines is 2. The maximum atomic E-state index is 12.6. The number of nitrogens with zero attached hydrogens (tertiary/aromatic N) is 2. The van der Waals surface area contributed by atoms with Crippen LogP contribution in [0.2, 0.25) is 5.02 Å². The second-order valence-corrected chi connectivity index (χ2v) is 7.12. The van der Waals surface area contributed by atoms with Crippen molar-refractivity contribution in [1.82, 2.24) is 4.98 Å². The number of para-hydroxylation sites is 2. The van der Waals surface area contributed by atoms with E-state index in [2.05, 4.69) is 10.3 Å². The van der Waals surface area contributed by atoms with Crippen molar-refractivity contribution in [3.8, 4) is 0 Å². The number of halogens is 1. The Kier molecular flexibility index (Phi) is 4.92. The van der Waals surface area contributed by atoms with Crippen molar-refractivity contribution in [2.24, 2.45) is 5.92 Å². The van der Waals surface area contributed by atoms with Crippen molar-refractivity contribution in [3.63, 3.8) is 0 Å². The number of amides is 1. The number of rotatable bonds is 4. The molecule has 0 atom stereocenters. The Morgan fingerprint density at radius 3 is 2.61 bits per heavy atom. The zero-order chi connectivity index (χ0) is 19.7. The van der Waals surface area contributed by atoms with Crippen molar-refractivity contribution in [3.05, 3.63) is 53.1 Å². The third-order valence-electron chi connectivity index (χ3n) is 4.89. The minimum Gasteiger partial charge on any atom is -0.478 e. The maximum absolute atomic E-state index is 12.6. The molecule has 4 rings (SSSR count). The van der Waals surface area contributed by atoms with Crippen LogP contribution in [0.4, 0.5) is 11.7 Å². The maximum Gasteiger partial charge on any atom is 0.337 e. The van der Waals surface area contributed by atoms with Gasteiger partial charge >= 0.3 is 5.97 Å². The molecular formula is C20H18ClN3O4. The molecule has 2 aromatic carbocycles. The molecule has 1 amide bonds. The Labute approximate surface area is 165 Å². The van der Waals surface area contributed by atoms with Gasteiger partial charge in [-0.3, -0.25) is 4.79 Å². The molecule has 0 bridgehead atoms. The Bertz CT molecular complexity index is 1010. The molecule has 0 radical (unpaired) electrons. The van der Waals surface area contributed by atoms with E-state index in [1.54, 1.807) is 6.07 Å². The Hall–Kier alpha value is -3.06. The van der Waals surface area contributed by atoms with Crippen LogP contribution < -0.4 is 10.2 Å². The lowest BCUT2D eigenvalue weighted by atomic mass is 9.96. The molecule has 0 saturated carbocycles. The molecule has 3 aromatic rings. The van der Waals surface area contributed by atoms with Crippen LogP contribution in [0.3, 0.4) is 0 Å². The molecule has 1 aliphatic heterocycles. The predicted molar refractivity (Wildman–Crippen MR) is 106 cm³/mol. The summed E-state index contributed by atoms with van der Waals surface area (Å²) < 4.78 is 5.79. The van der Waals surface area contributed by atoms with E-state index in [9.17, 15) is 9.59 Å². The molecule has 1 aliphatic rings. The number of fused-ring (bicyclic) bond motifs is 1. The summed E-state index contributed by atoms with van der Waals surface area (Å²) >= 11 is 5.96. The van der Waals surface area contributed by atoms with Gasteiger partial charge in [0.1, 0.15) is 5.52 Å². The summed E-state index contributed by atoms with van der Waals surface area (Å²) in [6.07, 6.45) is 1.34. The van der Waals surface area contributed by atoms with Crippen molar-refractivity contribution in [2.45, 2.75) is 12.8 Å². The van der Waals surface area contributed by atoms with Gasteiger partial charge in [0.25, 0.3) is 6.01 Å². The van der Waals surface area contributed by atoms with Crippen LogP contribution in [0.5, 0.6) is 0 Å². The molecule has 1 aromatic heterocycles. The van der Waals surface area contributed by atoms with E-state index in [4.69, 9.17) is 21.1 Å². The average Bonchev–Trinajstić information content (AvgIpc) is 3.12. The van der Waals surface area contributed by atoms with Gasteiger partial charge in [0, 0.05) is 24.7 Å². The first-order valence-corrected chi connectivity index (χ1v) is 9.33. The highest BCUT2D eigenvalue weighted by Gasteiger charge is 2.27. The van der Waals surface area contributed by atoms with E-state index in [0.717, 1.165) is 11.1 Å². The minimum atomic E-state index is -1.10. The van der Waals surface area contributed by atoms with Crippen LogP contribution in [0.25, 0.3) is 11.1 Å². The first kappa shape index (κ1) is 18.3. The highest BCUT2D eigenvalue weighted by molar-refractivity contribution is 6.33. The molecule has 0 spiro atoms. The minimum absolute atomic E-state index is 0.00584. The van der Waals surface area contributed by atoms with E-state index in [0.29, 0.717) is 37.6 Å². The van der Waals surface area contributed by atoms with Crippen LogP contribution in [-0.4, -0.2) is 35.1 Å². The molecule has 7 nitrogen and oxygen atoms in total. The van der Waals surface area contributed by atoms with E-state index < -0.39 is 5.97 Å². The third kappa shape index (κ3) is 3.66. The van der Waals surface area contributed by atoms with Gasteiger partial charge in [0.15, 0.2) is 5.58 Å². The van der Waals surface area contributed by atoms with Crippen LogP contribution in [0.15, 0.2) is 46.9 Å². The zero-order valence-corrected chi connectivity index (χ0v) is 15.6. The van der Waals surface area contributed by atoms with Gasteiger partial charge < -0.3 is 19.7 Å². The van der Waals surface area contributed by atoms with Gasteiger partial charge in [0.05, 0.1) is 10.6 Å². The third-order valence-corrected chi connectivity index (χ3v) is 5.20. The van der Waals surface area contributed by atoms with E-state index >= 15 is 0 Å². The number of aromatic carboxylic acids is 1. The smallest absolute Gasteiger partial charge is 0.337 e. The molecule has 0 unspecified atom stereocenters. The number of piperidine rings is 1. The summed E-state index contributed by atoms with van der Waals surface area (Å²) in [5, 5.41) is 11.9. The summed E-state index contributed by atoms with van der Waals surface area (Å²) in [7, 11) is 0. The van der Waals surface area contributed by atoms with E-state index in [1.165, 1.54) is 12.1 Å². The molecular weight excluding hydrogens is 382 g/mol. The molecule has 144 valence electrons. The number of carboxylic acids is 1. The molecule has 2 N–H and O–H groups in total. The monoisotopic (exact) mass is 399 g/mol. The van der Waals surface area contributed by atoms with Crippen molar-refractivity contribution >= 4 is 46.3 Å². The van der Waals surface area contributed by atoms with Gasteiger partial charge in [-0.05, 0) is 43.2 Å². The van der Waals surface area contributed by atoms with Crippen molar-refractivity contribution in [2.75, 3.05) is 23.3 Å². The van der Waals surface area contributed by atoms with Crippen LogP contribution in [0.1, 0.15) is 23.2 Å². The van der Waals surface area contributed by atoms with Crippen LogP contribution in [0, 0.1) is 5.92 Å². The number of carboxylic acid groups (broad SMARTS) is 1. The molecule has 1 saturated heterocycles. The molecule has 2 heterocycles. The normalized spacial score (nSPS) is 15.0. The lowest BCUT2D eigenvalue weighted by Crippen LogP contribution is -2.38. The predicted octanol–water partition coefficient (Wildman–Crippen LogP) is 4.03. The SMILES string of the molecule is O=C(O)c1ccc(NC(=O)C2CCN(c3nc4ccccc4o3)CC2)cc1Cl. The number of aromatic nitrogens is 1. The number of oxazole rings is 1. The number of benzene rings is 2. The fourth-order valence-corrected chi connectivity index (χ4v) is 3.60.